The predicted molar refractivity (Wildman–Crippen MR) is 81.6 cm³/mol. The van der Waals surface area contributed by atoms with E-state index >= 15 is 0 Å². The van der Waals surface area contributed by atoms with Gasteiger partial charge in [-0.05, 0) is 41.5 Å². The zero-order valence-corrected chi connectivity index (χ0v) is 12.0. The molecule has 0 saturated carbocycles. The third-order valence-corrected chi connectivity index (χ3v) is 3.19. The van der Waals surface area contributed by atoms with Gasteiger partial charge in [0.1, 0.15) is 11.5 Å². The van der Waals surface area contributed by atoms with E-state index in [1.54, 1.807) is 30.3 Å². The molecule has 0 aliphatic rings. The lowest BCUT2D eigenvalue weighted by molar-refractivity contribution is -0.130. The first-order valence-corrected chi connectivity index (χ1v) is 6.47. The van der Waals surface area contributed by atoms with Crippen LogP contribution in [0.2, 0.25) is 5.02 Å². The molecule has 0 amide bonds. The highest BCUT2D eigenvalue weighted by atomic mass is 35.5. The van der Waals surface area contributed by atoms with Crippen molar-refractivity contribution in [2.75, 3.05) is 7.11 Å². The van der Waals surface area contributed by atoms with E-state index in [-0.39, 0.29) is 11.3 Å². The molecular formula is C16H13ClO4. The molecule has 2 N–H and O–H groups in total. The summed E-state index contributed by atoms with van der Waals surface area (Å²) in [5, 5.41) is 19.0. The molecule has 0 unspecified atom stereocenters. The maximum absolute atomic E-state index is 11.4. The number of hydrogen-bond acceptors (Lipinski definition) is 3. The van der Waals surface area contributed by atoms with E-state index in [0.717, 1.165) is 0 Å². The number of halogens is 1. The van der Waals surface area contributed by atoms with Crippen molar-refractivity contribution in [1.82, 2.24) is 0 Å². The standard InChI is InChI=1S/C16H13ClO4/c1-21-15-7-4-11(9-14(15)17)13(16(19)20)8-10-2-5-12(18)6-3-10/h2-9,18H,1H3,(H,19,20)/b13-8-. The van der Waals surface area contributed by atoms with Crippen LogP contribution in [0.25, 0.3) is 11.6 Å². The van der Waals surface area contributed by atoms with E-state index in [1.165, 1.54) is 25.3 Å². The van der Waals surface area contributed by atoms with Gasteiger partial charge in [-0.25, -0.2) is 4.79 Å². The van der Waals surface area contributed by atoms with Crippen LogP contribution in [-0.2, 0) is 4.79 Å². The maximum Gasteiger partial charge on any atom is 0.336 e. The number of methoxy groups -OCH3 is 1. The molecule has 21 heavy (non-hydrogen) atoms. The molecule has 0 aliphatic heterocycles. The van der Waals surface area contributed by atoms with E-state index in [4.69, 9.17) is 16.3 Å². The minimum Gasteiger partial charge on any atom is -0.508 e. The van der Waals surface area contributed by atoms with Gasteiger partial charge in [0, 0.05) is 0 Å². The minimum atomic E-state index is -1.07. The van der Waals surface area contributed by atoms with Crippen LogP contribution < -0.4 is 4.74 Å². The highest BCUT2D eigenvalue weighted by Crippen LogP contribution is 2.29. The Bertz CT molecular complexity index is 690. The third kappa shape index (κ3) is 3.55. The summed E-state index contributed by atoms with van der Waals surface area (Å²) in [4.78, 5) is 11.4. The molecule has 0 spiro atoms. The zero-order valence-electron chi connectivity index (χ0n) is 11.2. The molecule has 0 fully saturated rings. The van der Waals surface area contributed by atoms with Crippen molar-refractivity contribution in [2.24, 2.45) is 0 Å². The number of aliphatic carboxylic acids is 1. The second kappa shape index (κ2) is 6.33. The lowest BCUT2D eigenvalue weighted by Crippen LogP contribution is -2.00. The smallest absolute Gasteiger partial charge is 0.336 e. The summed E-state index contributed by atoms with van der Waals surface area (Å²) in [5.41, 5.74) is 1.24. The van der Waals surface area contributed by atoms with Crippen LogP contribution in [0, 0.1) is 0 Å². The van der Waals surface area contributed by atoms with E-state index in [0.29, 0.717) is 21.9 Å². The van der Waals surface area contributed by atoms with Gasteiger partial charge in [-0.15, -0.1) is 0 Å². The first-order chi connectivity index (χ1) is 10.0. The summed E-state index contributed by atoms with van der Waals surface area (Å²) in [6.45, 7) is 0. The molecule has 0 saturated heterocycles. The van der Waals surface area contributed by atoms with E-state index in [2.05, 4.69) is 0 Å². The van der Waals surface area contributed by atoms with Crippen molar-refractivity contribution in [3.05, 3.63) is 58.6 Å². The van der Waals surface area contributed by atoms with Crippen molar-refractivity contribution in [3.8, 4) is 11.5 Å². The minimum absolute atomic E-state index is 0.102. The fourth-order valence-corrected chi connectivity index (χ4v) is 2.10. The molecule has 2 aromatic carbocycles. The molecule has 0 heterocycles. The monoisotopic (exact) mass is 304 g/mol. The summed E-state index contributed by atoms with van der Waals surface area (Å²) >= 11 is 6.02. The molecule has 0 radical (unpaired) electrons. The topological polar surface area (TPSA) is 66.8 Å². The van der Waals surface area contributed by atoms with E-state index in [1.807, 2.05) is 0 Å². The Kier molecular flexibility index (Phi) is 4.50. The Morgan fingerprint density at radius 3 is 2.38 bits per heavy atom. The average Bonchev–Trinajstić information content (AvgIpc) is 2.46. The van der Waals surface area contributed by atoms with Gasteiger partial charge in [-0.3, -0.25) is 0 Å². The lowest BCUT2D eigenvalue weighted by atomic mass is 10.0. The van der Waals surface area contributed by atoms with Gasteiger partial charge in [0.2, 0.25) is 0 Å². The van der Waals surface area contributed by atoms with Crippen molar-refractivity contribution in [1.29, 1.82) is 0 Å². The van der Waals surface area contributed by atoms with Crippen LogP contribution in [0.3, 0.4) is 0 Å². The average molecular weight is 305 g/mol. The van der Waals surface area contributed by atoms with Gasteiger partial charge in [0.05, 0.1) is 17.7 Å². The number of aromatic hydroxyl groups is 1. The molecule has 0 bridgehead atoms. The zero-order chi connectivity index (χ0) is 15.4. The molecule has 0 atom stereocenters. The van der Waals surface area contributed by atoms with E-state index < -0.39 is 5.97 Å². The number of phenolic OH excluding ortho intramolecular Hbond substituents is 1. The molecule has 4 nitrogen and oxygen atoms in total. The van der Waals surface area contributed by atoms with Crippen molar-refractivity contribution >= 4 is 29.2 Å². The number of hydrogen-bond donors (Lipinski definition) is 2. The number of rotatable bonds is 4. The first-order valence-electron chi connectivity index (χ1n) is 6.09. The Morgan fingerprint density at radius 1 is 1.19 bits per heavy atom. The number of benzene rings is 2. The summed E-state index contributed by atoms with van der Waals surface area (Å²) < 4.78 is 5.05. The largest absolute Gasteiger partial charge is 0.508 e. The highest BCUT2D eigenvalue weighted by Gasteiger charge is 2.12. The summed E-state index contributed by atoms with van der Waals surface area (Å²) in [5.74, 6) is -0.462. The molecule has 0 aliphatic carbocycles. The Labute approximate surface area is 126 Å². The van der Waals surface area contributed by atoms with Gasteiger partial charge in [0.15, 0.2) is 0 Å². The van der Waals surface area contributed by atoms with Crippen LogP contribution >= 0.6 is 11.6 Å². The number of carbonyl (C=O) groups is 1. The lowest BCUT2D eigenvalue weighted by Gasteiger charge is -2.07. The van der Waals surface area contributed by atoms with Crippen LogP contribution in [-0.4, -0.2) is 23.3 Å². The van der Waals surface area contributed by atoms with Gasteiger partial charge in [-0.2, -0.15) is 0 Å². The second-order valence-corrected chi connectivity index (χ2v) is 4.71. The molecule has 2 rings (SSSR count). The van der Waals surface area contributed by atoms with Crippen LogP contribution in [0.15, 0.2) is 42.5 Å². The van der Waals surface area contributed by atoms with E-state index in [9.17, 15) is 15.0 Å². The van der Waals surface area contributed by atoms with Gasteiger partial charge >= 0.3 is 5.97 Å². The Hall–Kier alpha value is -2.46. The molecular weight excluding hydrogens is 292 g/mol. The molecule has 0 aromatic heterocycles. The van der Waals surface area contributed by atoms with Crippen LogP contribution in [0.1, 0.15) is 11.1 Å². The molecule has 2 aromatic rings. The first kappa shape index (κ1) is 14.9. The quantitative estimate of drug-likeness (QED) is 0.668. The molecule has 5 heteroatoms. The maximum atomic E-state index is 11.4. The third-order valence-electron chi connectivity index (χ3n) is 2.90. The Morgan fingerprint density at radius 2 is 1.86 bits per heavy atom. The summed E-state index contributed by atoms with van der Waals surface area (Å²) in [7, 11) is 1.49. The normalized spacial score (nSPS) is 11.2. The summed E-state index contributed by atoms with van der Waals surface area (Å²) in [6.07, 6.45) is 1.51. The summed E-state index contributed by atoms with van der Waals surface area (Å²) in [6, 6.07) is 11.0. The Balaban J connectivity index is 2.46. The van der Waals surface area contributed by atoms with Gasteiger partial charge in [0.25, 0.3) is 0 Å². The van der Waals surface area contributed by atoms with Crippen LogP contribution in [0.5, 0.6) is 11.5 Å². The SMILES string of the molecule is COc1ccc(/C(=C/c2ccc(O)cc2)C(=O)O)cc1Cl. The van der Waals surface area contributed by atoms with Crippen molar-refractivity contribution in [3.63, 3.8) is 0 Å². The number of carboxylic acid groups (broad SMARTS) is 1. The van der Waals surface area contributed by atoms with Crippen molar-refractivity contribution in [2.45, 2.75) is 0 Å². The number of ether oxygens (including phenoxy) is 1. The van der Waals surface area contributed by atoms with Gasteiger partial charge < -0.3 is 14.9 Å². The van der Waals surface area contributed by atoms with Crippen molar-refractivity contribution < 1.29 is 19.7 Å². The van der Waals surface area contributed by atoms with Crippen LogP contribution in [0.4, 0.5) is 0 Å². The fourth-order valence-electron chi connectivity index (χ4n) is 1.84. The van der Waals surface area contributed by atoms with Gasteiger partial charge in [-0.1, -0.05) is 29.8 Å². The highest BCUT2D eigenvalue weighted by molar-refractivity contribution is 6.32. The fraction of sp³-hybridized carbons (Fsp3) is 0.0625. The predicted octanol–water partition coefficient (Wildman–Crippen LogP) is 3.68. The second-order valence-electron chi connectivity index (χ2n) is 4.30. The number of phenols is 1. The molecule has 108 valence electrons. The number of carboxylic acids is 1.